The molecule has 1 aromatic heterocycles. The molecule has 0 radical (unpaired) electrons. The number of benzene rings is 2. The van der Waals surface area contributed by atoms with Crippen LogP contribution in [0.15, 0.2) is 53.4 Å². The van der Waals surface area contributed by atoms with Crippen LogP contribution in [0.25, 0.3) is 0 Å². The summed E-state index contributed by atoms with van der Waals surface area (Å²) in [6.45, 7) is 2.35. The molecule has 0 fully saturated rings. The lowest BCUT2D eigenvalue weighted by atomic mass is 10.2. The van der Waals surface area contributed by atoms with Gasteiger partial charge in [-0.15, -0.1) is 10.2 Å². The van der Waals surface area contributed by atoms with Crippen molar-refractivity contribution >= 4 is 21.6 Å². The Hall–Kier alpha value is -2.33. The zero-order valence-corrected chi connectivity index (χ0v) is 17.7. The van der Waals surface area contributed by atoms with Gasteiger partial charge in [-0.3, -0.25) is 4.90 Å². The highest BCUT2D eigenvalue weighted by Crippen LogP contribution is 2.22. The van der Waals surface area contributed by atoms with Gasteiger partial charge in [-0.05, 0) is 24.3 Å². The molecule has 3 aromatic rings. The van der Waals surface area contributed by atoms with Crippen molar-refractivity contribution in [2.24, 2.45) is 0 Å². The number of rotatable bonds is 6. The number of nitrogens with zero attached hydrogens (tertiary/aromatic N) is 4. The quantitative estimate of drug-likeness (QED) is 0.625. The van der Waals surface area contributed by atoms with Crippen LogP contribution in [0.5, 0.6) is 0 Å². The van der Waals surface area contributed by atoms with Gasteiger partial charge in [0.25, 0.3) is 0 Å². The third-order valence-electron chi connectivity index (χ3n) is 5.11. The third kappa shape index (κ3) is 4.54. The fourth-order valence-corrected chi connectivity index (χ4v) is 4.69. The maximum atomic E-state index is 14.1. The van der Waals surface area contributed by atoms with Gasteiger partial charge in [0.2, 0.25) is 10.0 Å². The van der Waals surface area contributed by atoms with Crippen LogP contribution in [0.1, 0.15) is 17.2 Å². The minimum Gasteiger partial charge on any atom is -0.313 e. The molecule has 0 aliphatic carbocycles. The van der Waals surface area contributed by atoms with E-state index in [1.54, 1.807) is 42.5 Å². The smallest absolute Gasteiger partial charge is 0.240 e. The second-order valence-electron chi connectivity index (χ2n) is 7.05. The highest BCUT2D eigenvalue weighted by Gasteiger charge is 2.22. The molecular formula is C20H21ClFN5O2S. The maximum Gasteiger partial charge on any atom is 0.240 e. The summed E-state index contributed by atoms with van der Waals surface area (Å²) in [5.74, 6) is 1.02. The Kier molecular flexibility index (Phi) is 6.14. The van der Waals surface area contributed by atoms with E-state index in [0.29, 0.717) is 49.0 Å². The maximum absolute atomic E-state index is 14.1. The molecule has 158 valence electrons. The van der Waals surface area contributed by atoms with E-state index in [2.05, 4.69) is 19.8 Å². The van der Waals surface area contributed by atoms with E-state index in [-0.39, 0.29) is 17.3 Å². The first kappa shape index (κ1) is 20.9. The second kappa shape index (κ2) is 8.81. The topological polar surface area (TPSA) is 80.1 Å². The molecule has 2 aromatic carbocycles. The van der Waals surface area contributed by atoms with Gasteiger partial charge in [0.05, 0.1) is 11.4 Å². The first-order valence-electron chi connectivity index (χ1n) is 9.55. The van der Waals surface area contributed by atoms with E-state index in [0.717, 1.165) is 5.82 Å². The molecule has 2 heterocycles. The van der Waals surface area contributed by atoms with Gasteiger partial charge in [0.15, 0.2) is 0 Å². The lowest BCUT2D eigenvalue weighted by Gasteiger charge is -2.20. The zero-order chi connectivity index (χ0) is 21.1. The SMILES string of the molecule is O=S(=O)(NCc1nnc2n1CCN(Cc1c(F)cccc1Cl)CC2)c1ccccc1. The van der Waals surface area contributed by atoms with Gasteiger partial charge < -0.3 is 4.57 Å². The van der Waals surface area contributed by atoms with Crippen LogP contribution in [-0.4, -0.2) is 41.2 Å². The predicted octanol–water partition coefficient (Wildman–Crippen LogP) is 2.61. The highest BCUT2D eigenvalue weighted by atomic mass is 35.5. The summed E-state index contributed by atoms with van der Waals surface area (Å²) in [5.41, 5.74) is 0.479. The highest BCUT2D eigenvalue weighted by molar-refractivity contribution is 7.89. The van der Waals surface area contributed by atoms with E-state index in [1.807, 2.05) is 4.57 Å². The molecule has 7 nitrogen and oxygen atoms in total. The molecule has 0 atom stereocenters. The Labute approximate surface area is 179 Å². The van der Waals surface area contributed by atoms with Crippen molar-refractivity contribution in [1.82, 2.24) is 24.4 Å². The van der Waals surface area contributed by atoms with Crippen molar-refractivity contribution in [1.29, 1.82) is 0 Å². The molecule has 1 N–H and O–H groups in total. The van der Waals surface area contributed by atoms with Crippen LogP contribution in [0.2, 0.25) is 5.02 Å². The van der Waals surface area contributed by atoms with Gasteiger partial charge in [0.1, 0.15) is 17.5 Å². The Morgan fingerprint density at radius 1 is 1.03 bits per heavy atom. The summed E-state index contributed by atoms with van der Waals surface area (Å²) in [6.07, 6.45) is 0.629. The van der Waals surface area contributed by atoms with Gasteiger partial charge in [0, 0.05) is 43.2 Å². The van der Waals surface area contributed by atoms with E-state index in [9.17, 15) is 12.8 Å². The lowest BCUT2D eigenvalue weighted by molar-refractivity contribution is 0.266. The van der Waals surface area contributed by atoms with Crippen LogP contribution in [0.4, 0.5) is 4.39 Å². The summed E-state index contributed by atoms with van der Waals surface area (Å²) < 4.78 is 43.5. The zero-order valence-electron chi connectivity index (χ0n) is 16.1. The number of sulfonamides is 1. The third-order valence-corrected chi connectivity index (χ3v) is 6.88. The molecule has 0 unspecified atom stereocenters. The molecule has 1 aliphatic heterocycles. The van der Waals surface area contributed by atoms with Crippen LogP contribution >= 0.6 is 11.6 Å². The predicted molar refractivity (Wildman–Crippen MR) is 111 cm³/mol. The molecule has 0 saturated carbocycles. The molecule has 0 spiro atoms. The van der Waals surface area contributed by atoms with E-state index < -0.39 is 10.0 Å². The fraction of sp³-hybridized carbons (Fsp3) is 0.300. The number of hydrogen-bond acceptors (Lipinski definition) is 5. The van der Waals surface area contributed by atoms with E-state index in [4.69, 9.17) is 11.6 Å². The van der Waals surface area contributed by atoms with Crippen LogP contribution < -0.4 is 4.72 Å². The molecule has 0 saturated heterocycles. The number of nitrogens with one attached hydrogen (secondary N) is 1. The minimum atomic E-state index is -3.63. The molecule has 0 bridgehead atoms. The summed E-state index contributed by atoms with van der Waals surface area (Å²) in [5, 5.41) is 8.79. The van der Waals surface area contributed by atoms with Gasteiger partial charge >= 0.3 is 0 Å². The Balaban J connectivity index is 1.43. The van der Waals surface area contributed by atoms with Crippen molar-refractivity contribution in [2.45, 2.75) is 31.0 Å². The second-order valence-corrected chi connectivity index (χ2v) is 9.22. The van der Waals surface area contributed by atoms with Crippen molar-refractivity contribution < 1.29 is 12.8 Å². The number of halogens is 2. The first-order valence-corrected chi connectivity index (χ1v) is 11.4. The standard InChI is InChI=1S/C20H21ClFN5O2S/c21-17-7-4-8-18(22)16(17)14-26-10-9-19-24-25-20(27(19)12-11-26)13-23-30(28,29)15-5-2-1-3-6-15/h1-8,23H,9-14H2. The van der Waals surface area contributed by atoms with Gasteiger partial charge in [-0.1, -0.05) is 35.9 Å². The van der Waals surface area contributed by atoms with Gasteiger partial charge in [-0.2, -0.15) is 0 Å². The lowest BCUT2D eigenvalue weighted by Crippen LogP contribution is -2.28. The molecule has 4 rings (SSSR count). The average molecular weight is 450 g/mol. The molecule has 30 heavy (non-hydrogen) atoms. The fourth-order valence-electron chi connectivity index (χ4n) is 3.47. The van der Waals surface area contributed by atoms with Gasteiger partial charge in [-0.25, -0.2) is 17.5 Å². The van der Waals surface area contributed by atoms with Crippen LogP contribution in [0.3, 0.4) is 0 Å². The molecular weight excluding hydrogens is 429 g/mol. The summed E-state index contributed by atoms with van der Waals surface area (Å²) >= 11 is 6.16. The van der Waals surface area contributed by atoms with Crippen molar-refractivity contribution in [3.05, 3.63) is 76.6 Å². The van der Waals surface area contributed by atoms with Crippen LogP contribution in [0, 0.1) is 5.82 Å². The first-order chi connectivity index (χ1) is 14.4. The monoisotopic (exact) mass is 449 g/mol. The summed E-state index contributed by atoms with van der Waals surface area (Å²) in [7, 11) is -3.63. The average Bonchev–Trinajstić information content (AvgIpc) is 3.02. The summed E-state index contributed by atoms with van der Waals surface area (Å²) in [4.78, 5) is 2.31. The Morgan fingerprint density at radius 2 is 1.83 bits per heavy atom. The normalized spacial score (nSPS) is 15.0. The molecule has 0 amide bonds. The van der Waals surface area contributed by atoms with E-state index >= 15 is 0 Å². The minimum absolute atomic E-state index is 0.0450. The number of hydrogen-bond donors (Lipinski definition) is 1. The Morgan fingerprint density at radius 3 is 2.60 bits per heavy atom. The molecule has 1 aliphatic rings. The van der Waals surface area contributed by atoms with E-state index in [1.165, 1.54) is 6.07 Å². The van der Waals surface area contributed by atoms with Crippen molar-refractivity contribution in [3.63, 3.8) is 0 Å². The van der Waals surface area contributed by atoms with Crippen molar-refractivity contribution in [3.8, 4) is 0 Å². The summed E-state index contributed by atoms with van der Waals surface area (Å²) in [6, 6.07) is 12.9. The number of aromatic nitrogens is 3. The molecule has 10 heteroatoms. The number of fused-ring (bicyclic) bond motifs is 1. The largest absolute Gasteiger partial charge is 0.313 e. The Bertz CT molecular complexity index is 1120. The van der Waals surface area contributed by atoms with Crippen LogP contribution in [-0.2, 0) is 36.1 Å². The van der Waals surface area contributed by atoms with Crippen molar-refractivity contribution in [2.75, 3.05) is 13.1 Å².